The van der Waals surface area contributed by atoms with Crippen molar-refractivity contribution in [3.05, 3.63) is 54.7 Å². The van der Waals surface area contributed by atoms with E-state index in [-0.39, 0.29) is 33.2 Å². The lowest BCUT2D eigenvalue weighted by Crippen LogP contribution is -2.24. The largest absolute Gasteiger partial charge is 0.384 e. The predicted octanol–water partition coefficient (Wildman–Crippen LogP) is 1.59. The van der Waals surface area contributed by atoms with E-state index in [0.29, 0.717) is 4.47 Å². The van der Waals surface area contributed by atoms with Crippen molar-refractivity contribution in [3.8, 4) is 11.8 Å². The Morgan fingerprint density at radius 2 is 1.96 bits per heavy atom. The molecular formula is C14H6BrClN4O3. The topological polar surface area (TPSA) is 118 Å². The molecule has 9 heteroatoms. The van der Waals surface area contributed by atoms with Crippen LogP contribution in [0.5, 0.6) is 0 Å². The highest BCUT2D eigenvalue weighted by Crippen LogP contribution is 2.33. The van der Waals surface area contributed by atoms with Gasteiger partial charge in [0.2, 0.25) is 0 Å². The van der Waals surface area contributed by atoms with Gasteiger partial charge in [-0.1, -0.05) is 11.6 Å². The average molecular weight is 394 g/mol. The maximum atomic E-state index is 12.4. The first-order valence-corrected chi connectivity index (χ1v) is 7.33. The van der Waals surface area contributed by atoms with E-state index in [1.165, 1.54) is 12.1 Å². The zero-order valence-electron chi connectivity index (χ0n) is 11.2. The number of benzene rings is 1. The summed E-state index contributed by atoms with van der Waals surface area (Å²) in [4.78, 5) is 35.9. The molecule has 1 aliphatic rings. The number of fused-ring (bicyclic) bond motifs is 1. The molecule has 0 radical (unpaired) electrons. The Morgan fingerprint density at radius 3 is 2.61 bits per heavy atom. The molecular weight excluding hydrogens is 388 g/mol. The summed E-state index contributed by atoms with van der Waals surface area (Å²) in [7, 11) is 0. The van der Waals surface area contributed by atoms with Crippen LogP contribution >= 0.6 is 27.5 Å². The maximum absolute atomic E-state index is 12.4. The van der Waals surface area contributed by atoms with Crippen molar-refractivity contribution >= 4 is 45.2 Å². The molecule has 1 aromatic heterocycles. The molecule has 0 aliphatic carbocycles. The summed E-state index contributed by atoms with van der Waals surface area (Å²) < 4.78 is 1.39. The van der Waals surface area contributed by atoms with Crippen LogP contribution in [-0.2, 0) is 0 Å². The van der Waals surface area contributed by atoms with Crippen LogP contribution in [0.1, 0.15) is 26.3 Å². The van der Waals surface area contributed by atoms with Crippen molar-refractivity contribution in [1.29, 1.82) is 5.26 Å². The Bertz CT molecular complexity index is 1010. The molecule has 2 amide bonds. The van der Waals surface area contributed by atoms with Crippen LogP contribution in [0.3, 0.4) is 0 Å². The summed E-state index contributed by atoms with van der Waals surface area (Å²) in [6.07, 6.45) is 0. The zero-order chi connectivity index (χ0) is 16.9. The third kappa shape index (κ3) is 2.13. The number of nitrogens with one attached hydrogen (secondary N) is 1. The van der Waals surface area contributed by atoms with Crippen molar-refractivity contribution < 1.29 is 9.59 Å². The summed E-state index contributed by atoms with van der Waals surface area (Å²) in [6.45, 7) is 0. The molecule has 1 aromatic carbocycles. The van der Waals surface area contributed by atoms with E-state index in [1.54, 1.807) is 0 Å². The summed E-state index contributed by atoms with van der Waals surface area (Å²) in [5.74, 6) is -1.61. The number of pyridine rings is 1. The fourth-order valence-corrected chi connectivity index (χ4v) is 3.26. The highest BCUT2D eigenvalue weighted by atomic mass is 79.9. The SMILES string of the molecule is N#Cc1ccc(Br)c(-n2c(N)c3c(cc2=O)C(=O)NC3=O)c1Cl. The van der Waals surface area contributed by atoms with E-state index < -0.39 is 17.4 Å². The van der Waals surface area contributed by atoms with Crippen LogP contribution in [0.15, 0.2) is 27.5 Å². The Hall–Kier alpha value is -2.63. The monoisotopic (exact) mass is 392 g/mol. The number of nitriles is 1. The highest BCUT2D eigenvalue weighted by Gasteiger charge is 2.32. The van der Waals surface area contributed by atoms with Crippen molar-refractivity contribution in [2.24, 2.45) is 0 Å². The predicted molar refractivity (Wildman–Crippen MR) is 85.7 cm³/mol. The fraction of sp³-hybridized carbons (Fsp3) is 0. The van der Waals surface area contributed by atoms with Crippen LogP contribution in [0.4, 0.5) is 5.82 Å². The lowest BCUT2D eigenvalue weighted by Gasteiger charge is -2.15. The number of nitrogen functional groups attached to an aromatic ring is 1. The second kappa shape index (κ2) is 5.22. The first-order chi connectivity index (χ1) is 10.9. The first-order valence-electron chi connectivity index (χ1n) is 6.16. The molecule has 3 N–H and O–H groups in total. The number of halogens is 2. The maximum Gasteiger partial charge on any atom is 0.262 e. The summed E-state index contributed by atoms with van der Waals surface area (Å²) in [6, 6.07) is 5.91. The Morgan fingerprint density at radius 1 is 1.26 bits per heavy atom. The van der Waals surface area contributed by atoms with Gasteiger partial charge in [0.25, 0.3) is 17.4 Å². The number of imide groups is 1. The van der Waals surface area contributed by atoms with Crippen molar-refractivity contribution in [2.45, 2.75) is 0 Å². The quantitative estimate of drug-likeness (QED) is 0.713. The number of hydrogen-bond acceptors (Lipinski definition) is 5. The standard InChI is InChI=1S/C14H6BrClN4O3/c15-7-2-1-5(4-17)10(16)11(7)20-8(21)3-6-9(12(20)18)14(23)19-13(6)22/h1-3H,18H2,(H,19,22,23). The van der Waals surface area contributed by atoms with Crippen molar-refractivity contribution in [3.63, 3.8) is 0 Å². The van der Waals surface area contributed by atoms with Gasteiger partial charge in [0.15, 0.2) is 0 Å². The molecule has 0 atom stereocenters. The molecule has 114 valence electrons. The average Bonchev–Trinajstić information content (AvgIpc) is 2.77. The van der Waals surface area contributed by atoms with Crippen molar-refractivity contribution in [1.82, 2.24) is 9.88 Å². The van der Waals surface area contributed by atoms with Gasteiger partial charge in [-0.05, 0) is 28.1 Å². The molecule has 0 saturated carbocycles. The van der Waals surface area contributed by atoms with Gasteiger partial charge in [-0.25, -0.2) is 0 Å². The summed E-state index contributed by atoms with van der Waals surface area (Å²) >= 11 is 9.42. The minimum Gasteiger partial charge on any atom is -0.384 e. The molecule has 0 bridgehead atoms. The Kier molecular flexibility index (Phi) is 3.47. The number of amides is 2. The van der Waals surface area contributed by atoms with E-state index in [1.807, 2.05) is 6.07 Å². The van der Waals surface area contributed by atoms with Gasteiger partial charge in [-0.3, -0.25) is 24.3 Å². The number of aromatic nitrogens is 1. The van der Waals surface area contributed by atoms with Gasteiger partial charge < -0.3 is 5.73 Å². The lowest BCUT2D eigenvalue weighted by atomic mass is 10.1. The second-order valence-electron chi connectivity index (χ2n) is 4.64. The molecule has 3 rings (SSSR count). The first kappa shape index (κ1) is 15.3. The summed E-state index contributed by atoms with van der Waals surface area (Å²) in [5.41, 5.74) is 5.37. The van der Waals surface area contributed by atoms with Crippen LogP contribution in [0.2, 0.25) is 5.02 Å². The molecule has 2 heterocycles. The highest BCUT2D eigenvalue weighted by molar-refractivity contribution is 9.10. The minimum absolute atomic E-state index is 0.000330. The molecule has 2 aromatic rings. The second-order valence-corrected chi connectivity index (χ2v) is 5.88. The number of hydrogen-bond donors (Lipinski definition) is 2. The summed E-state index contributed by atoms with van der Waals surface area (Å²) in [5, 5.41) is 11.1. The third-order valence-corrected chi connectivity index (χ3v) is 4.39. The smallest absolute Gasteiger partial charge is 0.262 e. The molecule has 0 unspecified atom stereocenters. The van der Waals surface area contributed by atoms with Crippen LogP contribution < -0.4 is 16.6 Å². The molecule has 1 aliphatic heterocycles. The van der Waals surface area contributed by atoms with E-state index in [4.69, 9.17) is 22.6 Å². The minimum atomic E-state index is -0.695. The normalized spacial score (nSPS) is 12.7. The number of nitrogens with two attached hydrogens (primary N) is 1. The molecule has 23 heavy (non-hydrogen) atoms. The van der Waals surface area contributed by atoms with E-state index >= 15 is 0 Å². The Balaban J connectivity index is 2.44. The third-order valence-electron chi connectivity index (χ3n) is 3.36. The van der Waals surface area contributed by atoms with Crippen LogP contribution in [0, 0.1) is 11.3 Å². The lowest BCUT2D eigenvalue weighted by molar-refractivity contribution is 0.0880. The zero-order valence-corrected chi connectivity index (χ0v) is 13.5. The number of carbonyl (C=O) groups excluding carboxylic acids is 2. The molecule has 0 saturated heterocycles. The van der Waals surface area contributed by atoms with Crippen LogP contribution in [0.25, 0.3) is 5.69 Å². The van der Waals surface area contributed by atoms with Gasteiger partial charge >= 0.3 is 0 Å². The van der Waals surface area contributed by atoms with Gasteiger partial charge in [0, 0.05) is 10.5 Å². The van der Waals surface area contributed by atoms with Crippen LogP contribution in [-0.4, -0.2) is 16.4 Å². The Labute approximate surface area is 142 Å². The van der Waals surface area contributed by atoms with Gasteiger partial charge in [0.05, 0.1) is 27.4 Å². The van der Waals surface area contributed by atoms with E-state index in [9.17, 15) is 14.4 Å². The number of nitrogens with zero attached hydrogens (tertiary/aromatic N) is 2. The van der Waals surface area contributed by atoms with Crippen molar-refractivity contribution in [2.75, 3.05) is 5.73 Å². The fourth-order valence-electron chi connectivity index (χ4n) is 2.34. The molecule has 0 spiro atoms. The van der Waals surface area contributed by atoms with Gasteiger partial charge in [-0.2, -0.15) is 5.26 Å². The molecule has 0 fully saturated rings. The van der Waals surface area contributed by atoms with Gasteiger partial charge in [0.1, 0.15) is 11.9 Å². The van der Waals surface area contributed by atoms with Gasteiger partial charge in [-0.15, -0.1) is 0 Å². The number of anilines is 1. The van der Waals surface area contributed by atoms with E-state index in [2.05, 4.69) is 21.2 Å². The molecule has 7 nitrogen and oxygen atoms in total. The number of carbonyl (C=O) groups is 2. The number of rotatable bonds is 1. The van der Waals surface area contributed by atoms with E-state index in [0.717, 1.165) is 10.6 Å².